The van der Waals surface area contributed by atoms with E-state index < -0.39 is 11.9 Å². The molecule has 0 radical (unpaired) electrons. The van der Waals surface area contributed by atoms with Crippen molar-refractivity contribution in [2.75, 3.05) is 0 Å². The van der Waals surface area contributed by atoms with Crippen LogP contribution in [0, 0.1) is 0 Å². The predicted octanol–water partition coefficient (Wildman–Crippen LogP) is 6.27. The Morgan fingerprint density at radius 1 is 0.613 bits per heavy atom. The predicted molar refractivity (Wildman–Crippen MR) is 118 cm³/mol. The van der Waals surface area contributed by atoms with Gasteiger partial charge in [-0.3, -0.25) is 0 Å². The molecule has 0 saturated heterocycles. The Hall–Kier alpha value is -3.40. The Bertz CT molecular complexity index is 1010. The number of esters is 2. The van der Waals surface area contributed by atoms with Gasteiger partial charge in [-0.2, -0.15) is 0 Å². The average Bonchev–Trinajstić information content (AvgIpc) is 3.15. The van der Waals surface area contributed by atoms with Gasteiger partial charge in [0.05, 0.1) is 11.1 Å². The van der Waals surface area contributed by atoms with Gasteiger partial charge in [0.2, 0.25) is 0 Å². The topological polar surface area (TPSA) is 52.6 Å². The first kappa shape index (κ1) is 19.6. The summed E-state index contributed by atoms with van der Waals surface area (Å²) >= 11 is 0. The van der Waals surface area contributed by atoms with E-state index in [1.165, 1.54) is 17.5 Å². The Kier molecular flexibility index (Phi) is 5.29. The fraction of sp³-hybridized carbons (Fsp3) is 0.259. The van der Waals surface area contributed by atoms with Gasteiger partial charge < -0.3 is 9.47 Å². The van der Waals surface area contributed by atoms with Gasteiger partial charge in [-0.1, -0.05) is 42.8 Å². The maximum Gasteiger partial charge on any atom is 0.343 e. The van der Waals surface area contributed by atoms with E-state index in [2.05, 4.69) is 0 Å². The Morgan fingerprint density at radius 2 is 1.03 bits per heavy atom. The molecule has 2 unspecified atom stereocenters. The quantitative estimate of drug-likeness (QED) is 0.374. The summed E-state index contributed by atoms with van der Waals surface area (Å²) < 4.78 is 11.5. The van der Waals surface area contributed by atoms with E-state index in [9.17, 15) is 9.59 Å². The zero-order chi connectivity index (χ0) is 21.2. The standard InChI is InChI=1S/C27H24O4/c28-26(20-8-3-1-4-9-20)30-24-16-22-18-12-7-13-19(15-14-18)23(22)17-25(24)31-27(29)21-10-5-2-6-11-21/h1-6,8-11,16-19H,7,12-15H2. The molecule has 2 atom stereocenters. The first-order valence-electron chi connectivity index (χ1n) is 10.9. The highest BCUT2D eigenvalue weighted by molar-refractivity contribution is 5.93. The van der Waals surface area contributed by atoms with Crippen molar-refractivity contribution in [3.63, 3.8) is 0 Å². The second-order valence-electron chi connectivity index (χ2n) is 8.34. The first-order chi connectivity index (χ1) is 15.2. The fourth-order valence-corrected chi connectivity index (χ4v) is 4.85. The monoisotopic (exact) mass is 412 g/mol. The van der Waals surface area contributed by atoms with E-state index >= 15 is 0 Å². The smallest absolute Gasteiger partial charge is 0.343 e. The van der Waals surface area contributed by atoms with Crippen LogP contribution in [0.1, 0.15) is 75.8 Å². The lowest BCUT2D eigenvalue weighted by molar-refractivity contribution is 0.0682. The van der Waals surface area contributed by atoms with E-state index in [0.717, 1.165) is 25.7 Å². The molecule has 6 rings (SSSR count). The maximum atomic E-state index is 12.8. The molecule has 4 heteroatoms. The van der Waals surface area contributed by atoms with Crippen molar-refractivity contribution in [3.8, 4) is 11.5 Å². The van der Waals surface area contributed by atoms with Gasteiger partial charge in [-0.05, 0) is 85.0 Å². The van der Waals surface area contributed by atoms with Crippen LogP contribution < -0.4 is 9.47 Å². The summed E-state index contributed by atoms with van der Waals surface area (Å²) in [6.07, 6.45) is 5.82. The number of fused-ring (bicyclic) bond motifs is 3. The van der Waals surface area contributed by atoms with Crippen LogP contribution in [0.25, 0.3) is 0 Å². The third-order valence-corrected chi connectivity index (χ3v) is 6.42. The zero-order valence-corrected chi connectivity index (χ0v) is 17.3. The van der Waals surface area contributed by atoms with Crippen LogP contribution >= 0.6 is 0 Å². The van der Waals surface area contributed by atoms with Crippen LogP contribution in [0.2, 0.25) is 0 Å². The SMILES string of the molecule is O=C(Oc1cc2c(cc1OC(=O)c1ccccc1)C1CCCC2CC1)c1ccccc1. The molecule has 1 saturated carbocycles. The summed E-state index contributed by atoms with van der Waals surface area (Å²) in [5, 5.41) is 0. The lowest BCUT2D eigenvalue weighted by Gasteiger charge is -2.28. The molecule has 3 aliphatic carbocycles. The van der Waals surface area contributed by atoms with Crippen LogP contribution in [-0.2, 0) is 0 Å². The lowest BCUT2D eigenvalue weighted by atomic mass is 9.78. The van der Waals surface area contributed by atoms with E-state index in [0.29, 0.717) is 34.5 Å². The van der Waals surface area contributed by atoms with Gasteiger partial charge in [-0.25, -0.2) is 9.59 Å². The molecule has 3 aromatic carbocycles. The van der Waals surface area contributed by atoms with Gasteiger partial charge in [0, 0.05) is 0 Å². The molecule has 3 aromatic rings. The molecule has 1 fully saturated rings. The van der Waals surface area contributed by atoms with Crippen LogP contribution in [0.3, 0.4) is 0 Å². The van der Waals surface area contributed by atoms with E-state index in [1.54, 1.807) is 48.5 Å². The number of carbonyl (C=O) groups excluding carboxylic acids is 2. The molecule has 0 amide bonds. The zero-order valence-electron chi connectivity index (χ0n) is 17.3. The van der Waals surface area contributed by atoms with Crippen LogP contribution in [0.4, 0.5) is 0 Å². The number of ether oxygens (including phenoxy) is 2. The summed E-state index contributed by atoms with van der Waals surface area (Å²) in [5.74, 6) is 0.644. The fourth-order valence-electron chi connectivity index (χ4n) is 4.85. The summed E-state index contributed by atoms with van der Waals surface area (Å²) in [4.78, 5) is 25.5. The number of benzene rings is 3. The van der Waals surface area contributed by atoms with Crippen molar-refractivity contribution < 1.29 is 19.1 Å². The third-order valence-electron chi connectivity index (χ3n) is 6.42. The minimum absolute atomic E-state index is 0.310. The molecule has 0 N–H and O–H groups in total. The Balaban J connectivity index is 1.53. The van der Waals surface area contributed by atoms with Crippen LogP contribution in [0.5, 0.6) is 11.5 Å². The van der Waals surface area contributed by atoms with Crippen molar-refractivity contribution in [2.24, 2.45) is 0 Å². The van der Waals surface area contributed by atoms with Gasteiger partial charge in [0.25, 0.3) is 0 Å². The molecule has 0 spiro atoms. The van der Waals surface area contributed by atoms with Crippen molar-refractivity contribution in [1.29, 1.82) is 0 Å². The van der Waals surface area contributed by atoms with Gasteiger partial charge >= 0.3 is 11.9 Å². The number of hydrogen-bond donors (Lipinski definition) is 0. The van der Waals surface area contributed by atoms with E-state index in [4.69, 9.17) is 9.47 Å². The first-order valence-corrected chi connectivity index (χ1v) is 10.9. The van der Waals surface area contributed by atoms with Gasteiger partial charge in [0.1, 0.15) is 0 Å². The maximum absolute atomic E-state index is 12.8. The second kappa shape index (κ2) is 8.38. The average molecular weight is 412 g/mol. The molecule has 0 aromatic heterocycles. The summed E-state index contributed by atoms with van der Waals surface area (Å²) in [6, 6.07) is 21.6. The molecule has 2 bridgehead atoms. The molecule has 156 valence electrons. The Labute approximate surface area is 181 Å². The van der Waals surface area contributed by atoms with E-state index in [1.807, 2.05) is 24.3 Å². The van der Waals surface area contributed by atoms with Crippen LogP contribution in [0.15, 0.2) is 72.8 Å². The van der Waals surface area contributed by atoms with Crippen molar-refractivity contribution >= 4 is 11.9 Å². The summed E-state index contributed by atoms with van der Waals surface area (Å²) in [5.41, 5.74) is 3.40. The lowest BCUT2D eigenvalue weighted by Crippen LogP contribution is -2.16. The molecular formula is C27H24O4. The molecule has 0 aliphatic heterocycles. The van der Waals surface area contributed by atoms with Gasteiger partial charge in [-0.15, -0.1) is 0 Å². The van der Waals surface area contributed by atoms with Crippen LogP contribution in [-0.4, -0.2) is 11.9 Å². The van der Waals surface area contributed by atoms with Crippen molar-refractivity contribution in [2.45, 2.75) is 43.9 Å². The molecule has 31 heavy (non-hydrogen) atoms. The summed E-state index contributed by atoms with van der Waals surface area (Å²) in [7, 11) is 0. The number of hydrogen-bond acceptors (Lipinski definition) is 4. The van der Waals surface area contributed by atoms with Gasteiger partial charge in [0.15, 0.2) is 11.5 Å². The number of rotatable bonds is 4. The van der Waals surface area contributed by atoms with Crippen molar-refractivity contribution in [1.82, 2.24) is 0 Å². The third kappa shape index (κ3) is 3.98. The minimum Gasteiger partial charge on any atom is -0.419 e. The minimum atomic E-state index is -0.462. The molecule has 3 aliphatic rings. The molecule has 4 nitrogen and oxygen atoms in total. The summed E-state index contributed by atoms with van der Waals surface area (Å²) in [6.45, 7) is 0. The number of carbonyl (C=O) groups is 2. The molecule has 0 heterocycles. The highest BCUT2D eigenvalue weighted by atomic mass is 16.6. The largest absolute Gasteiger partial charge is 0.419 e. The van der Waals surface area contributed by atoms with E-state index in [-0.39, 0.29) is 0 Å². The highest BCUT2D eigenvalue weighted by Crippen LogP contribution is 2.50. The highest BCUT2D eigenvalue weighted by Gasteiger charge is 2.33. The van der Waals surface area contributed by atoms with Crippen molar-refractivity contribution in [3.05, 3.63) is 95.1 Å². The Morgan fingerprint density at radius 3 is 1.45 bits per heavy atom. The normalized spacial score (nSPS) is 19.2. The second-order valence-corrected chi connectivity index (χ2v) is 8.34. The molecular weight excluding hydrogens is 388 g/mol.